The Morgan fingerprint density at radius 2 is 1.33 bits per heavy atom. The van der Waals surface area contributed by atoms with E-state index in [2.05, 4.69) is 4.90 Å². The van der Waals surface area contributed by atoms with Crippen LogP contribution in [0.15, 0.2) is 0 Å². The minimum atomic E-state index is -0.125. The van der Waals surface area contributed by atoms with Gasteiger partial charge in [0, 0.05) is 28.4 Å². The van der Waals surface area contributed by atoms with Crippen LogP contribution in [0.4, 0.5) is 0 Å². The van der Waals surface area contributed by atoms with E-state index in [0.717, 1.165) is 0 Å². The number of nitrogens with zero attached hydrogens (tertiary/aromatic N) is 2. The molecule has 0 bridgehead atoms. The van der Waals surface area contributed by atoms with Crippen LogP contribution in [-0.2, 0) is 18.9 Å². The van der Waals surface area contributed by atoms with E-state index in [1.807, 2.05) is 46.9 Å². The Bertz CT molecular complexity index is 236. The average molecular weight is 308 g/mol. The highest BCUT2D eigenvalue weighted by Crippen LogP contribution is 2.08. The van der Waals surface area contributed by atoms with Gasteiger partial charge in [-0.3, -0.25) is 4.90 Å². The molecule has 0 rings (SSSR count). The van der Waals surface area contributed by atoms with E-state index >= 15 is 0 Å². The van der Waals surface area contributed by atoms with Crippen molar-refractivity contribution in [3.63, 3.8) is 0 Å². The minimum Gasteiger partial charge on any atom is -0.383 e. The van der Waals surface area contributed by atoms with Crippen LogP contribution < -0.4 is 0 Å². The Labute approximate surface area is 131 Å². The fraction of sp³-hybridized carbons (Fsp3) is 1.00. The molecule has 0 saturated carbocycles. The van der Waals surface area contributed by atoms with E-state index < -0.39 is 0 Å². The molecule has 0 radical (unpaired) electrons. The lowest BCUT2D eigenvalue weighted by atomic mass is 10.1. The van der Waals surface area contributed by atoms with Crippen molar-refractivity contribution in [2.75, 3.05) is 69.8 Å². The van der Waals surface area contributed by atoms with Crippen LogP contribution in [0.3, 0.4) is 0 Å². The van der Waals surface area contributed by atoms with Gasteiger partial charge in [0.05, 0.1) is 25.4 Å². The molecule has 2 unspecified atom stereocenters. The summed E-state index contributed by atoms with van der Waals surface area (Å²) in [5.74, 6) is 0. The highest BCUT2D eigenvalue weighted by molar-refractivity contribution is 4.76. The SMILES string of the molecule is COC(C)(C)N(C)C.COCC(OC)C(COC)N(C)C. The van der Waals surface area contributed by atoms with Crippen LogP contribution in [0.25, 0.3) is 0 Å². The molecular weight excluding hydrogens is 272 g/mol. The van der Waals surface area contributed by atoms with Gasteiger partial charge in [0.1, 0.15) is 5.72 Å². The molecule has 130 valence electrons. The van der Waals surface area contributed by atoms with Gasteiger partial charge in [0.2, 0.25) is 0 Å². The first-order valence-electron chi connectivity index (χ1n) is 7.07. The molecule has 2 atom stereocenters. The van der Waals surface area contributed by atoms with E-state index in [1.165, 1.54) is 0 Å². The summed E-state index contributed by atoms with van der Waals surface area (Å²) < 4.78 is 20.6. The molecular formula is C15H36N2O4. The highest BCUT2D eigenvalue weighted by atomic mass is 16.5. The van der Waals surface area contributed by atoms with Crippen LogP contribution >= 0.6 is 0 Å². The fourth-order valence-corrected chi connectivity index (χ4v) is 1.44. The molecule has 6 heteroatoms. The van der Waals surface area contributed by atoms with Crippen molar-refractivity contribution < 1.29 is 18.9 Å². The fourth-order valence-electron chi connectivity index (χ4n) is 1.44. The predicted molar refractivity (Wildman–Crippen MR) is 86.8 cm³/mol. The van der Waals surface area contributed by atoms with Crippen molar-refractivity contribution in [3.8, 4) is 0 Å². The van der Waals surface area contributed by atoms with Crippen molar-refractivity contribution in [1.82, 2.24) is 9.80 Å². The molecule has 21 heavy (non-hydrogen) atoms. The van der Waals surface area contributed by atoms with Gasteiger partial charge in [-0.15, -0.1) is 0 Å². The molecule has 0 heterocycles. The molecule has 6 nitrogen and oxygen atoms in total. The summed E-state index contributed by atoms with van der Waals surface area (Å²) in [4.78, 5) is 4.10. The Morgan fingerprint density at radius 1 is 0.857 bits per heavy atom. The molecule has 0 saturated heterocycles. The molecule has 0 aromatic carbocycles. The molecule has 0 spiro atoms. The minimum absolute atomic E-state index is 0.0555. The van der Waals surface area contributed by atoms with Gasteiger partial charge >= 0.3 is 0 Å². The molecule has 0 aliphatic heterocycles. The predicted octanol–water partition coefficient (Wildman–Crippen LogP) is 1.15. The number of ether oxygens (including phenoxy) is 4. The highest BCUT2D eigenvalue weighted by Gasteiger charge is 2.22. The smallest absolute Gasteiger partial charge is 0.115 e. The number of likely N-dealkylation sites (N-methyl/N-ethyl adjacent to an activating group) is 1. The summed E-state index contributed by atoms with van der Waals surface area (Å²) in [5.41, 5.74) is -0.125. The first-order chi connectivity index (χ1) is 9.67. The van der Waals surface area contributed by atoms with Crippen LogP contribution in [0.1, 0.15) is 13.8 Å². The second kappa shape index (κ2) is 12.3. The van der Waals surface area contributed by atoms with Crippen molar-refractivity contribution in [1.29, 1.82) is 0 Å². The van der Waals surface area contributed by atoms with E-state index in [-0.39, 0.29) is 17.9 Å². The number of methoxy groups -OCH3 is 4. The zero-order chi connectivity index (χ0) is 17.1. The van der Waals surface area contributed by atoms with Gasteiger partial charge in [-0.25, -0.2) is 0 Å². The van der Waals surface area contributed by atoms with E-state index in [1.54, 1.807) is 28.4 Å². The Morgan fingerprint density at radius 3 is 1.52 bits per heavy atom. The third-order valence-electron chi connectivity index (χ3n) is 3.64. The second-order valence-electron chi connectivity index (χ2n) is 5.76. The third kappa shape index (κ3) is 10.2. The van der Waals surface area contributed by atoms with Crippen LogP contribution in [0.2, 0.25) is 0 Å². The first kappa shape index (κ1) is 23.0. The van der Waals surface area contributed by atoms with Crippen LogP contribution in [-0.4, -0.2) is 97.5 Å². The Balaban J connectivity index is 0. The summed E-state index contributed by atoms with van der Waals surface area (Å²) in [6.45, 7) is 5.28. The average Bonchev–Trinajstić information content (AvgIpc) is 2.42. The number of hydrogen-bond donors (Lipinski definition) is 0. The quantitative estimate of drug-likeness (QED) is 0.596. The van der Waals surface area contributed by atoms with Crippen molar-refractivity contribution in [3.05, 3.63) is 0 Å². The molecule has 0 fully saturated rings. The van der Waals surface area contributed by atoms with Crippen molar-refractivity contribution in [2.45, 2.75) is 31.7 Å². The lowest BCUT2D eigenvalue weighted by molar-refractivity contribution is -0.0838. The summed E-state index contributed by atoms with van der Waals surface area (Å²) in [6.07, 6.45) is 0.0555. The van der Waals surface area contributed by atoms with Crippen molar-refractivity contribution >= 4 is 0 Å². The zero-order valence-corrected chi connectivity index (χ0v) is 15.6. The normalized spacial score (nSPS) is 14.9. The standard InChI is InChI=1S/C9H21NO3.C6H15NO/c1-10(2)8(6-11-3)9(13-5)7-12-4;1-6(2,8-5)7(3)4/h8-9H,6-7H2,1-5H3;1-5H3. The number of rotatable bonds is 9. The molecule has 0 N–H and O–H groups in total. The molecule has 0 amide bonds. The van der Waals surface area contributed by atoms with Crippen molar-refractivity contribution in [2.24, 2.45) is 0 Å². The lowest BCUT2D eigenvalue weighted by Crippen LogP contribution is -2.45. The Hall–Kier alpha value is -0.240. The topological polar surface area (TPSA) is 43.4 Å². The third-order valence-corrected chi connectivity index (χ3v) is 3.64. The van der Waals surface area contributed by atoms with Crippen LogP contribution in [0, 0.1) is 0 Å². The molecule has 0 aliphatic carbocycles. The monoisotopic (exact) mass is 308 g/mol. The Kier molecular flexibility index (Phi) is 13.5. The first-order valence-corrected chi connectivity index (χ1v) is 7.07. The summed E-state index contributed by atoms with van der Waals surface area (Å²) in [5, 5.41) is 0. The summed E-state index contributed by atoms with van der Waals surface area (Å²) in [7, 11) is 14.8. The van der Waals surface area contributed by atoms with E-state index in [4.69, 9.17) is 18.9 Å². The van der Waals surface area contributed by atoms with Gasteiger partial charge in [-0.2, -0.15) is 0 Å². The van der Waals surface area contributed by atoms with Gasteiger partial charge in [0.25, 0.3) is 0 Å². The van der Waals surface area contributed by atoms with Gasteiger partial charge in [-0.1, -0.05) is 0 Å². The zero-order valence-electron chi connectivity index (χ0n) is 15.6. The maximum atomic E-state index is 5.32. The molecule has 0 aromatic heterocycles. The van der Waals surface area contributed by atoms with Gasteiger partial charge in [-0.05, 0) is 42.0 Å². The van der Waals surface area contributed by atoms with E-state index in [9.17, 15) is 0 Å². The van der Waals surface area contributed by atoms with Crippen LogP contribution in [0.5, 0.6) is 0 Å². The summed E-state index contributed by atoms with van der Waals surface area (Å²) >= 11 is 0. The lowest BCUT2D eigenvalue weighted by Gasteiger charge is -2.30. The van der Waals surface area contributed by atoms with Gasteiger partial charge < -0.3 is 23.8 Å². The maximum absolute atomic E-state index is 5.32. The maximum Gasteiger partial charge on any atom is 0.115 e. The number of hydrogen-bond acceptors (Lipinski definition) is 6. The molecule has 0 aliphatic rings. The summed E-state index contributed by atoms with van der Waals surface area (Å²) in [6, 6.07) is 0.231. The van der Waals surface area contributed by atoms with E-state index in [0.29, 0.717) is 13.2 Å². The second-order valence-corrected chi connectivity index (χ2v) is 5.76. The largest absolute Gasteiger partial charge is 0.383 e. The molecule has 0 aromatic rings. The van der Waals surface area contributed by atoms with Gasteiger partial charge in [0.15, 0.2) is 0 Å².